The van der Waals surface area contributed by atoms with E-state index in [0.29, 0.717) is 11.6 Å². The molecule has 0 bridgehead atoms. The van der Waals surface area contributed by atoms with Gasteiger partial charge in [-0.15, -0.1) is 0 Å². The van der Waals surface area contributed by atoms with Crippen LogP contribution in [-0.2, 0) is 0 Å². The molecule has 0 atom stereocenters. The largest absolute Gasteiger partial charge is 0.491 e. The normalized spacial score (nSPS) is 10.1. The molecule has 0 amide bonds. The van der Waals surface area contributed by atoms with Gasteiger partial charge in [-0.3, -0.25) is 0 Å². The number of hydrogen-bond donors (Lipinski definition) is 1. The predicted octanol–water partition coefficient (Wildman–Crippen LogP) is 2.50. The fourth-order valence-electron chi connectivity index (χ4n) is 1.78. The third-order valence-corrected chi connectivity index (χ3v) is 2.64. The third-order valence-electron chi connectivity index (χ3n) is 2.64. The van der Waals surface area contributed by atoms with Crippen LogP contribution in [0.1, 0.15) is 5.56 Å². The molecule has 1 aromatic heterocycles. The standard InChI is InChI=1S/C13H15N3O/c1-9-6-4-5-7-10(9)11-12(17-3)13(14-2)16-8-15-11/h4-8H,1-3H3,(H,14,15,16). The van der Waals surface area contributed by atoms with E-state index < -0.39 is 0 Å². The summed E-state index contributed by atoms with van der Waals surface area (Å²) in [5.74, 6) is 1.37. The number of ether oxygens (including phenoxy) is 1. The summed E-state index contributed by atoms with van der Waals surface area (Å²) in [5, 5.41) is 3.00. The molecule has 0 aliphatic rings. The Hall–Kier alpha value is -2.10. The van der Waals surface area contributed by atoms with Crippen molar-refractivity contribution in [1.29, 1.82) is 0 Å². The number of anilines is 1. The lowest BCUT2D eigenvalue weighted by Crippen LogP contribution is -2.01. The number of methoxy groups -OCH3 is 1. The molecule has 17 heavy (non-hydrogen) atoms. The lowest BCUT2D eigenvalue weighted by molar-refractivity contribution is 0.415. The molecule has 4 nitrogen and oxygen atoms in total. The van der Waals surface area contributed by atoms with Crippen molar-refractivity contribution < 1.29 is 4.74 Å². The van der Waals surface area contributed by atoms with Crippen LogP contribution in [0, 0.1) is 6.92 Å². The van der Waals surface area contributed by atoms with Crippen molar-refractivity contribution >= 4 is 5.82 Å². The van der Waals surface area contributed by atoms with Gasteiger partial charge in [-0.2, -0.15) is 0 Å². The van der Waals surface area contributed by atoms with Crippen LogP contribution in [0.5, 0.6) is 5.75 Å². The van der Waals surface area contributed by atoms with Crippen molar-refractivity contribution in [1.82, 2.24) is 9.97 Å². The van der Waals surface area contributed by atoms with E-state index in [-0.39, 0.29) is 0 Å². The van der Waals surface area contributed by atoms with Gasteiger partial charge in [0.05, 0.1) is 7.11 Å². The molecule has 2 aromatic rings. The Morgan fingerprint density at radius 1 is 1.18 bits per heavy atom. The summed E-state index contributed by atoms with van der Waals surface area (Å²) in [6, 6.07) is 8.07. The smallest absolute Gasteiger partial charge is 0.187 e. The molecule has 0 fully saturated rings. The van der Waals surface area contributed by atoms with Gasteiger partial charge >= 0.3 is 0 Å². The van der Waals surface area contributed by atoms with Gasteiger partial charge in [-0.1, -0.05) is 24.3 Å². The molecular formula is C13H15N3O. The van der Waals surface area contributed by atoms with Crippen molar-refractivity contribution in [3.05, 3.63) is 36.2 Å². The number of rotatable bonds is 3. The fourth-order valence-corrected chi connectivity index (χ4v) is 1.78. The highest BCUT2D eigenvalue weighted by Crippen LogP contribution is 2.33. The summed E-state index contributed by atoms with van der Waals surface area (Å²) in [6.07, 6.45) is 1.54. The average molecular weight is 229 g/mol. The number of aryl methyl sites for hydroxylation is 1. The first-order chi connectivity index (χ1) is 8.27. The minimum Gasteiger partial charge on any atom is -0.491 e. The summed E-state index contributed by atoms with van der Waals surface area (Å²) in [4.78, 5) is 8.45. The van der Waals surface area contributed by atoms with Gasteiger partial charge in [0, 0.05) is 12.6 Å². The summed E-state index contributed by atoms with van der Waals surface area (Å²) < 4.78 is 5.39. The molecule has 4 heteroatoms. The summed E-state index contributed by atoms with van der Waals surface area (Å²) in [6.45, 7) is 2.05. The molecule has 0 spiro atoms. The second kappa shape index (κ2) is 4.82. The van der Waals surface area contributed by atoms with Gasteiger partial charge in [0.15, 0.2) is 11.6 Å². The van der Waals surface area contributed by atoms with Crippen LogP contribution < -0.4 is 10.1 Å². The van der Waals surface area contributed by atoms with Crippen LogP contribution in [0.15, 0.2) is 30.6 Å². The Balaban J connectivity index is 2.63. The first kappa shape index (κ1) is 11.4. The highest BCUT2D eigenvalue weighted by atomic mass is 16.5. The number of hydrogen-bond acceptors (Lipinski definition) is 4. The van der Waals surface area contributed by atoms with Gasteiger partial charge in [-0.25, -0.2) is 9.97 Å². The Kier molecular flexibility index (Phi) is 3.23. The zero-order valence-electron chi connectivity index (χ0n) is 10.2. The van der Waals surface area contributed by atoms with Crippen LogP contribution in [0.2, 0.25) is 0 Å². The second-order valence-corrected chi connectivity index (χ2v) is 3.67. The molecule has 0 radical (unpaired) electrons. The van der Waals surface area contributed by atoms with E-state index in [2.05, 4.69) is 28.3 Å². The van der Waals surface area contributed by atoms with E-state index >= 15 is 0 Å². The molecule has 0 saturated heterocycles. The number of nitrogens with one attached hydrogen (secondary N) is 1. The van der Waals surface area contributed by atoms with Gasteiger partial charge in [0.1, 0.15) is 12.0 Å². The zero-order chi connectivity index (χ0) is 12.3. The topological polar surface area (TPSA) is 47.0 Å². The molecule has 88 valence electrons. The maximum Gasteiger partial charge on any atom is 0.187 e. The van der Waals surface area contributed by atoms with Crippen molar-refractivity contribution in [2.75, 3.05) is 19.5 Å². The lowest BCUT2D eigenvalue weighted by Gasteiger charge is -2.12. The van der Waals surface area contributed by atoms with Crippen molar-refractivity contribution in [3.63, 3.8) is 0 Å². The van der Waals surface area contributed by atoms with Crippen molar-refractivity contribution in [3.8, 4) is 17.0 Å². The van der Waals surface area contributed by atoms with Crippen molar-refractivity contribution in [2.45, 2.75) is 6.92 Å². The van der Waals surface area contributed by atoms with Crippen LogP contribution in [0.25, 0.3) is 11.3 Å². The average Bonchev–Trinajstić information content (AvgIpc) is 2.38. The minimum atomic E-state index is 0.671. The van der Waals surface area contributed by atoms with E-state index in [1.807, 2.05) is 25.2 Å². The summed E-state index contributed by atoms with van der Waals surface area (Å²) in [7, 11) is 3.44. The molecule has 0 saturated carbocycles. The Labute approximate surface area is 101 Å². The van der Waals surface area contributed by atoms with Crippen LogP contribution >= 0.6 is 0 Å². The SMILES string of the molecule is CNc1ncnc(-c2ccccc2C)c1OC. The van der Waals surface area contributed by atoms with E-state index in [9.17, 15) is 0 Å². The monoisotopic (exact) mass is 229 g/mol. The molecular weight excluding hydrogens is 214 g/mol. The van der Waals surface area contributed by atoms with Gasteiger partial charge in [0.2, 0.25) is 0 Å². The van der Waals surface area contributed by atoms with E-state index in [1.54, 1.807) is 7.11 Å². The van der Waals surface area contributed by atoms with Gasteiger partial charge in [-0.05, 0) is 12.5 Å². The molecule has 1 heterocycles. The first-order valence-corrected chi connectivity index (χ1v) is 5.40. The Morgan fingerprint density at radius 3 is 2.59 bits per heavy atom. The molecule has 0 aliphatic carbocycles. The molecule has 0 aliphatic heterocycles. The highest BCUT2D eigenvalue weighted by molar-refractivity contribution is 5.74. The minimum absolute atomic E-state index is 0.671. The van der Waals surface area contributed by atoms with Crippen LogP contribution in [0.4, 0.5) is 5.82 Å². The maximum absolute atomic E-state index is 5.39. The first-order valence-electron chi connectivity index (χ1n) is 5.40. The number of nitrogens with zero attached hydrogens (tertiary/aromatic N) is 2. The van der Waals surface area contributed by atoms with E-state index in [4.69, 9.17) is 4.74 Å². The number of benzene rings is 1. The molecule has 1 aromatic carbocycles. The molecule has 1 N–H and O–H groups in total. The number of aromatic nitrogens is 2. The van der Waals surface area contributed by atoms with Crippen molar-refractivity contribution in [2.24, 2.45) is 0 Å². The molecule has 0 unspecified atom stereocenters. The predicted molar refractivity (Wildman–Crippen MR) is 68.3 cm³/mol. The third kappa shape index (κ3) is 2.06. The Morgan fingerprint density at radius 2 is 1.94 bits per heavy atom. The summed E-state index contributed by atoms with van der Waals surface area (Å²) in [5.41, 5.74) is 3.03. The van der Waals surface area contributed by atoms with E-state index in [0.717, 1.165) is 16.8 Å². The maximum atomic E-state index is 5.39. The van der Waals surface area contributed by atoms with Gasteiger partial charge in [0.25, 0.3) is 0 Å². The van der Waals surface area contributed by atoms with Crippen LogP contribution in [-0.4, -0.2) is 24.1 Å². The summed E-state index contributed by atoms with van der Waals surface area (Å²) >= 11 is 0. The molecule has 2 rings (SSSR count). The quantitative estimate of drug-likeness (QED) is 0.878. The van der Waals surface area contributed by atoms with E-state index in [1.165, 1.54) is 6.33 Å². The Bertz CT molecular complexity index is 526. The zero-order valence-corrected chi connectivity index (χ0v) is 10.2. The second-order valence-electron chi connectivity index (χ2n) is 3.67. The van der Waals surface area contributed by atoms with Crippen LogP contribution in [0.3, 0.4) is 0 Å². The lowest BCUT2D eigenvalue weighted by atomic mass is 10.1. The fraction of sp³-hybridized carbons (Fsp3) is 0.231. The van der Waals surface area contributed by atoms with Gasteiger partial charge < -0.3 is 10.1 Å². The highest BCUT2D eigenvalue weighted by Gasteiger charge is 2.13.